The molecule has 7 nitrogen and oxygen atoms in total. The van der Waals surface area contributed by atoms with Gasteiger partial charge in [-0.2, -0.15) is 0 Å². The Bertz CT molecular complexity index is 588. The lowest BCUT2D eigenvalue weighted by Gasteiger charge is -2.31. The van der Waals surface area contributed by atoms with Crippen LogP contribution in [0, 0.1) is 25.7 Å². The summed E-state index contributed by atoms with van der Waals surface area (Å²) in [6.45, 7) is 10.7. The molecule has 0 aliphatic carbocycles. The lowest BCUT2D eigenvalue weighted by molar-refractivity contribution is 0.128. The summed E-state index contributed by atoms with van der Waals surface area (Å²) in [7, 11) is 0. The number of likely N-dealkylation sites (tertiary alicyclic amines) is 2. The Morgan fingerprint density at radius 3 is 2.62 bits per heavy atom. The van der Waals surface area contributed by atoms with Gasteiger partial charge in [0.1, 0.15) is 5.76 Å². The van der Waals surface area contributed by atoms with Gasteiger partial charge in [-0.05, 0) is 59.0 Å². The number of amides is 2. The summed E-state index contributed by atoms with van der Waals surface area (Å²) in [4.78, 5) is 21.0. The second kappa shape index (κ2) is 8.39. The van der Waals surface area contributed by atoms with Crippen LogP contribution in [0.25, 0.3) is 0 Å². The Kier molecular flexibility index (Phi) is 6.19. The number of piperidine rings is 1. The molecule has 0 radical (unpaired) electrons. The lowest BCUT2D eigenvalue weighted by Crippen LogP contribution is -2.43. The minimum absolute atomic E-state index is 0.0151. The monoisotopic (exact) mass is 364 g/mol. The molecule has 2 atom stereocenters. The number of urea groups is 1. The fraction of sp³-hybridized carbons (Fsp3) is 0.789. The van der Waals surface area contributed by atoms with Gasteiger partial charge in [0.2, 0.25) is 5.89 Å². The molecule has 1 aromatic rings. The van der Waals surface area contributed by atoms with E-state index in [4.69, 9.17) is 4.42 Å². The fourth-order valence-corrected chi connectivity index (χ4v) is 3.86. The predicted octanol–water partition coefficient (Wildman–Crippen LogP) is 1.92. The van der Waals surface area contributed by atoms with Gasteiger partial charge in [0.15, 0.2) is 0 Å². The molecule has 2 aliphatic rings. The van der Waals surface area contributed by atoms with Gasteiger partial charge in [0.05, 0.1) is 18.3 Å². The minimum atomic E-state index is -0.339. The van der Waals surface area contributed by atoms with Crippen molar-refractivity contribution in [1.82, 2.24) is 20.1 Å². The van der Waals surface area contributed by atoms with Gasteiger partial charge < -0.3 is 19.7 Å². The molecule has 7 heteroatoms. The number of aromatic nitrogens is 1. The van der Waals surface area contributed by atoms with E-state index in [2.05, 4.69) is 15.2 Å². The maximum atomic E-state index is 12.3. The van der Waals surface area contributed by atoms with Crippen LogP contribution in [0.15, 0.2) is 4.42 Å². The largest absolute Gasteiger partial charge is 0.444 e. The van der Waals surface area contributed by atoms with Crippen molar-refractivity contribution in [2.45, 2.75) is 52.7 Å². The summed E-state index contributed by atoms with van der Waals surface area (Å²) in [6, 6.07) is 0.0151. The molecule has 3 heterocycles. The van der Waals surface area contributed by atoms with E-state index < -0.39 is 0 Å². The van der Waals surface area contributed by atoms with Crippen molar-refractivity contribution in [3.8, 4) is 0 Å². The molecule has 2 aliphatic heterocycles. The van der Waals surface area contributed by atoms with Gasteiger partial charge in [-0.3, -0.25) is 4.90 Å². The summed E-state index contributed by atoms with van der Waals surface area (Å²) in [5, 5.41) is 12.7. The van der Waals surface area contributed by atoms with Crippen molar-refractivity contribution in [2.75, 3.05) is 32.7 Å². The van der Waals surface area contributed by atoms with Crippen LogP contribution in [0.3, 0.4) is 0 Å². The maximum Gasteiger partial charge on any atom is 0.317 e. The zero-order valence-corrected chi connectivity index (χ0v) is 16.2. The summed E-state index contributed by atoms with van der Waals surface area (Å²) >= 11 is 0. The summed E-state index contributed by atoms with van der Waals surface area (Å²) in [5.41, 5.74) is 0.970. The number of hydrogen-bond donors (Lipinski definition) is 2. The highest BCUT2D eigenvalue weighted by atomic mass is 16.4. The van der Waals surface area contributed by atoms with Crippen molar-refractivity contribution < 1.29 is 14.3 Å². The SMILES string of the molecule is Cc1nc(CN2CCC(CNC(=O)N3CCC(C(C)O)C3)CC2)oc1C. The van der Waals surface area contributed by atoms with E-state index in [1.807, 2.05) is 18.7 Å². The van der Waals surface area contributed by atoms with Gasteiger partial charge in [0.25, 0.3) is 0 Å². The molecule has 0 spiro atoms. The van der Waals surface area contributed by atoms with E-state index in [0.717, 1.165) is 69.3 Å². The second-order valence-electron chi connectivity index (χ2n) is 7.89. The first-order valence-electron chi connectivity index (χ1n) is 9.78. The quantitative estimate of drug-likeness (QED) is 0.834. The molecule has 0 aromatic carbocycles. The van der Waals surface area contributed by atoms with Crippen LogP contribution in [0.1, 0.15) is 43.5 Å². The topological polar surface area (TPSA) is 81.8 Å². The zero-order valence-electron chi connectivity index (χ0n) is 16.2. The Balaban J connectivity index is 1.36. The Labute approximate surface area is 155 Å². The fourth-order valence-electron chi connectivity index (χ4n) is 3.86. The molecule has 0 bridgehead atoms. The van der Waals surface area contributed by atoms with Gasteiger partial charge in [-0.25, -0.2) is 9.78 Å². The first kappa shape index (κ1) is 19.2. The standard InChI is InChI=1S/C19H32N4O3/c1-13-15(3)26-18(21-13)12-22-7-4-16(5-8-22)10-20-19(25)23-9-6-17(11-23)14(2)24/h14,16-17,24H,4-12H2,1-3H3,(H,20,25). The average Bonchev–Trinajstić information content (AvgIpc) is 3.22. The van der Waals surface area contributed by atoms with Crippen molar-refractivity contribution in [2.24, 2.45) is 11.8 Å². The van der Waals surface area contributed by atoms with Crippen LogP contribution in [0.4, 0.5) is 4.79 Å². The van der Waals surface area contributed by atoms with E-state index in [-0.39, 0.29) is 18.1 Å². The minimum Gasteiger partial charge on any atom is -0.444 e. The third kappa shape index (κ3) is 4.76. The number of hydrogen-bond acceptors (Lipinski definition) is 5. The molecule has 1 aromatic heterocycles. The van der Waals surface area contributed by atoms with Crippen LogP contribution < -0.4 is 5.32 Å². The van der Waals surface area contributed by atoms with Crippen LogP contribution in [-0.2, 0) is 6.54 Å². The van der Waals surface area contributed by atoms with Crippen LogP contribution in [0.5, 0.6) is 0 Å². The number of aryl methyl sites for hydroxylation is 2. The molecule has 2 saturated heterocycles. The third-order valence-electron chi connectivity index (χ3n) is 5.87. The van der Waals surface area contributed by atoms with Crippen molar-refractivity contribution in [1.29, 1.82) is 0 Å². The summed E-state index contributed by atoms with van der Waals surface area (Å²) in [6.07, 6.45) is 2.71. The van der Waals surface area contributed by atoms with E-state index in [0.29, 0.717) is 12.5 Å². The highest BCUT2D eigenvalue weighted by Crippen LogP contribution is 2.21. The number of oxazole rings is 1. The first-order chi connectivity index (χ1) is 12.4. The summed E-state index contributed by atoms with van der Waals surface area (Å²) < 4.78 is 5.67. The smallest absolute Gasteiger partial charge is 0.317 e. The van der Waals surface area contributed by atoms with Crippen molar-refractivity contribution in [3.63, 3.8) is 0 Å². The van der Waals surface area contributed by atoms with E-state index in [1.165, 1.54) is 0 Å². The van der Waals surface area contributed by atoms with Gasteiger partial charge in [-0.1, -0.05) is 0 Å². The Morgan fingerprint density at radius 2 is 2.04 bits per heavy atom. The van der Waals surface area contributed by atoms with Crippen molar-refractivity contribution >= 4 is 6.03 Å². The molecule has 26 heavy (non-hydrogen) atoms. The Morgan fingerprint density at radius 1 is 1.31 bits per heavy atom. The maximum absolute atomic E-state index is 12.3. The molecular formula is C19H32N4O3. The molecule has 0 saturated carbocycles. The van der Waals surface area contributed by atoms with Crippen molar-refractivity contribution in [3.05, 3.63) is 17.3 Å². The number of aliphatic hydroxyl groups excluding tert-OH is 1. The summed E-state index contributed by atoms with van der Waals surface area (Å²) in [5.74, 6) is 2.44. The third-order valence-corrected chi connectivity index (χ3v) is 5.87. The number of carbonyl (C=O) groups is 1. The highest BCUT2D eigenvalue weighted by molar-refractivity contribution is 5.74. The predicted molar refractivity (Wildman–Crippen MR) is 98.7 cm³/mol. The normalized spacial score (nSPS) is 23.4. The number of rotatable bonds is 5. The Hall–Kier alpha value is -1.60. The molecular weight excluding hydrogens is 332 g/mol. The van der Waals surface area contributed by atoms with Crippen LogP contribution >= 0.6 is 0 Å². The molecule has 2 fully saturated rings. The molecule has 146 valence electrons. The average molecular weight is 364 g/mol. The van der Waals surface area contributed by atoms with Crippen LogP contribution in [0.2, 0.25) is 0 Å². The molecule has 3 rings (SSSR count). The second-order valence-corrected chi connectivity index (χ2v) is 7.89. The number of nitrogens with zero attached hydrogens (tertiary/aromatic N) is 3. The van der Waals surface area contributed by atoms with Gasteiger partial charge in [0, 0.05) is 25.6 Å². The first-order valence-corrected chi connectivity index (χ1v) is 9.78. The highest BCUT2D eigenvalue weighted by Gasteiger charge is 2.29. The number of aliphatic hydroxyl groups is 1. The van der Waals surface area contributed by atoms with Gasteiger partial charge in [-0.15, -0.1) is 0 Å². The molecule has 2 amide bonds. The van der Waals surface area contributed by atoms with Crippen LogP contribution in [-0.4, -0.2) is 64.7 Å². The number of nitrogens with one attached hydrogen (secondary N) is 1. The van der Waals surface area contributed by atoms with E-state index in [9.17, 15) is 9.90 Å². The number of carbonyl (C=O) groups excluding carboxylic acids is 1. The zero-order chi connectivity index (χ0) is 18.7. The van der Waals surface area contributed by atoms with E-state index in [1.54, 1.807) is 6.92 Å². The lowest BCUT2D eigenvalue weighted by atomic mass is 9.97. The van der Waals surface area contributed by atoms with E-state index >= 15 is 0 Å². The molecule has 2 N–H and O–H groups in total. The molecule has 2 unspecified atom stereocenters. The van der Waals surface area contributed by atoms with Gasteiger partial charge >= 0.3 is 6.03 Å².